The molecule has 1 aromatic rings. The Balaban J connectivity index is 0.00000225. The van der Waals surface area contributed by atoms with Crippen LogP contribution in [-0.4, -0.2) is 9.55 Å². The zero-order chi connectivity index (χ0) is 10.9. The average Bonchev–Trinajstić information content (AvgIpc) is 2.77. The van der Waals surface area contributed by atoms with Crippen LogP contribution in [0.2, 0.25) is 0 Å². The number of halogens is 1. The van der Waals surface area contributed by atoms with Crippen LogP contribution in [0.3, 0.4) is 0 Å². The molecule has 0 bridgehead atoms. The molecule has 0 aromatic carbocycles. The van der Waals surface area contributed by atoms with Gasteiger partial charge < -0.3 is 4.57 Å². The lowest BCUT2D eigenvalue weighted by Crippen LogP contribution is -2.03. The van der Waals surface area contributed by atoms with Crippen molar-refractivity contribution in [3.63, 3.8) is 0 Å². The van der Waals surface area contributed by atoms with Crippen LogP contribution in [0, 0.1) is 0 Å². The zero-order valence-electron chi connectivity index (χ0n) is 10.1. The third kappa shape index (κ3) is 5.36. The molecule has 1 rings (SSSR count). The van der Waals surface area contributed by atoms with Crippen LogP contribution >= 0.6 is 12.4 Å². The molecule has 0 amide bonds. The summed E-state index contributed by atoms with van der Waals surface area (Å²) in [5.41, 5.74) is 0. The van der Waals surface area contributed by atoms with Gasteiger partial charge in [0.2, 0.25) is 0 Å². The van der Waals surface area contributed by atoms with Crippen molar-refractivity contribution >= 4 is 12.4 Å². The standard InChI is InChI=1S/C13H22N2.ClH/c1-3-5-6-7-8-9-13(4-2)15-11-10-14-12-15;/h4,10-13H,2-3,5-9H2,1H3;1H. The fourth-order valence-electron chi connectivity index (χ4n) is 1.81. The fourth-order valence-corrected chi connectivity index (χ4v) is 1.81. The van der Waals surface area contributed by atoms with Crippen LogP contribution in [0.25, 0.3) is 0 Å². The maximum atomic E-state index is 4.06. The predicted octanol–water partition coefficient (Wildman–Crippen LogP) is 4.39. The van der Waals surface area contributed by atoms with Crippen LogP contribution in [0.1, 0.15) is 51.5 Å². The normalized spacial score (nSPS) is 11.8. The number of rotatable bonds is 8. The molecule has 92 valence electrons. The molecule has 3 heteroatoms. The third-order valence-corrected chi connectivity index (χ3v) is 2.78. The fraction of sp³-hybridized carbons (Fsp3) is 0.615. The van der Waals surface area contributed by atoms with Gasteiger partial charge in [-0.25, -0.2) is 4.98 Å². The van der Waals surface area contributed by atoms with Gasteiger partial charge >= 0.3 is 0 Å². The summed E-state index contributed by atoms with van der Waals surface area (Å²) in [5.74, 6) is 0. The summed E-state index contributed by atoms with van der Waals surface area (Å²) in [6.45, 7) is 6.13. The first kappa shape index (κ1) is 15.2. The highest BCUT2D eigenvalue weighted by Crippen LogP contribution is 2.17. The molecule has 1 heterocycles. The van der Waals surface area contributed by atoms with E-state index in [1.54, 1.807) is 0 Å². The van der Waals surface area contributed by atoms with Gasteiger partial charge in [-0.2, -0.15) is 0 Å². The minimum atomic E-state index is 0. The number of aromatic nitrogens is 2. The van der Waals surface area contributed by atoms with Crippen molar-refractivity contribution in [3.8, 4) is 0 Å². The van der Waals surface area contributed by atoms with Gasteiger partial charge in [0.25, 0.3) is 0 Å². The third-order valence-electron chi connectivity index (χ3n) is 2.78. The number of nitrogens with zero attached hydrogens (tertiary/aromatic N) is 2. The summed E-state index contributed by atoms with van der Waals surface area (Å²) in [5, 5.41) is 0. The van der Waals surface area contributed by atoms with Crippen LogP contribution in [-0.2, 0) is 0 Å². The molecule has 0 saturated carbocycles. The smallest absolute Gasteiger partial charge is 0.0951 e. The van der Waals surface area contributed by atoms with Crippen molar-refractivity contribution in [2.24, 2.45) is 0 Å². The molecule has 0 radical (unpaired) electrons. The van der Waals surface area contributed by atoms with Crippen molar-refractivity contribution in [1.29, 1.82) is 0 Å². The first-order valence-electron chi connectivity index (χ1n) is 5.98. The van der Waals surface area contributed by atoms with E-state index in [9.17, 15) is 0 Å². The van der Waals surface area contributed by atoms with Gasteiger partial charge in [0.15, 0.2) is 0 Å². The summed E-state index contributed by atoms with van der Waals surface area (Å²) in [6, 6.07) is 0.425. The quantitative estimate of drug-likeness (QED) is 0.488. The van der Waals surface area contributed by atoms with Gasteiger partial charge in [-0.3, -0.25) is 0 Å². The van der Waals surface area contributed by atoms with Gasteiger partial charge in [0, 0.05) is 12.4 Å². The van der Waals surface area contributed by atoms with E-state index in [1.165, 1.54) is 38.5 Å². The van der Waals surface area contributed by atoms with Crippen LogP contribution in [0.15, 0.2) is 31.4 Å². The van der Waals surface area contributed by atoms with E-state index < -0.39 is 0 Å². The highest BCUT2D eigenvalue weighted by Gasteiger charge is 2.04. The van der Waals surface area contributed by atoms with Crippen LogP contribution in [0.4, 0.5) is 0 Å². The number of allylic oxidation sites excluding steroid dienone is 1. The second-order valence-electron chi connectivity index (χ2n) is 4.02. The van der Waals surface area contributed by atoms with Crippen LogP contribution < -0.4 is 0 Å². The van der Waals surface area contributed by atoms with E-state index in [0.29, 0.717) is 6.04 Å². The van der Waals surface area contributed by atoms with Gasteiger partial charge in [-0.1, -0.05) is 45.1 Å². The topological polar surface area (TPSA) is 17.8 Å². The monoisotopic (exact) mass is 242 g/mol. The molecule has 1 aromatic heterocycles. The lowest BCUT2D eigenvalue weighted by molar-refractivity contribution is 0.507. The predicted molar refractivity (Wildman–Crippen MR) is 72.1 cm³/mol. The summed E-state index contributed by atoms with van der Waals surface area (Å²) < 4.78 is 2.13. The van der Waals surface area contributed by atoms with E-state index in [0.717, 1.165) is 0 Å². The Labute approximate surface area is 105 Å². The van der Waals surface area contributed by atoms with Crippen molar-refractivity contribution < 1.29 is 0 Å². The minimum absolute atomic E-state index is 0. The molecule has 0 aliphatic rings. The first-order chi connectivity index (χ1) is 7.38. The second-order valence-corrected chi connectivity index (χ2v) is 4.02. The van der Waals surface area contributed by atoms with Gasteiger partial charge in [-0.05, 0) is 6.42 Å². The van der Waals surface area contributed by atoms with E-state index in [4.69, 9.17) is 0 Å². The SMILES string of the molecule is C=CC(CCCCCCC)n1ccnc1.Cl. The van der Waals surface area contributed by atoms with Gasteiger partial charge in [0.05, 0.1) is 12.4 Å². The Bertz CT molecular complexity index is 257. The Hall–Kier alpha value is -0.760. The summed E-state index contributed by atoms with van der Waals surface area (Å²) >= 11 is 0. The molecule has 0 fully saturated rings. The Kier molecular flexibility index (Phi) is 9.02. The van der Waals surface area contributed by atoms with E-state index in [1.807, 2.05) is 24.8 Å². The Morgan fingerprint density at radius 2 is 2.06 bits per heavy atom. The Morgan fingerprint density at radius 1 is 1.31 bits per heavy atom. The first-order valence-corrected chi connectivity index (χ1v) is 5.98. The minimum Gasteiger partial charge on any atom is -0.331 e. The van der Waals surface area contributed by atoms with E-state index >= 15 is 0 Å². The number of unbranched alkanes of at least 4 members (excludes halogenated alkanes) is 4. The molecular formula is C13H23ClN2. The molecule has 0 saturated heterocycles. The maximum absolute atomic E-state index is 4.06. The summed E-state index contributed by atoms with van der Waals surface area (Å²) in [4.78, 5) is 4.06. The average molecular weight is 243 g/mol. The molecule has 0 N–H and O–H groups in total. The molecule has 1 atom stereocenters. The number of hydrogen-bond acceptors (Lipinski definition) is 1. The lowest BCUT2D eigenvalue weighted by Gasteiger charge is -2.13. The van der Waals surface area contributed by atoms with Gasteiger partial charge in [0.1, 0.15) is 0 Å². The van der Waals surface area contributed by atoms with E-state index in [-0.39, 0.29) is 12.4 Å². The maximum Gasteiger partial charge on any atom is 0.0951 e. The number of imidazole rings is 1. The highest BCUT2D eigenvalue weighted by atomic mass is 35.5. The number of hydrogen-bond donors (Lipinski definition) is 0. The molecule has 0 aliphatic heterocycles. The molecule has 0 spiro atoms. The molecule has 1 unspecified atom stereocenters. The highest BCUT2D eigenvalue weighted by molar-refractivity contribution is 5.85. The summed E-state index contributed by atoms with van der Waals surface area (Å²) in [7, 11) is 0. The molecule has 2 nitrogen and oxygen atoms in total. The van der Waals surface area contributed by atoms with Crippen molar-refractivity contribution in [2.75, 3.05) is 0 Å². The van der Waals surface area contributed by atoms with Crippen LogP contribution in [0.5, 0.6) is 0 Å². The van der Waals surface area contributed by atoms with Crippen molar-refractivity contribution in [3.05, 3.63) is 31.4 Å². The Morgan fingerprint density at radius 3 is 2.62 bits per heavy atom. The molecule has 0 aliphatic carbocycles. The van der Waals surface area contributed by atoms with Gasteiger partial charge in [-0.15, -0.1) is 19.0 Å². The zero-order valence-corrected chi connectivity index (χ0v) is 11.0. The van der Waals surface area contributed by atoms with Crippen molar-refractivity contribution in [1.82, 2.24) is 9.55 Å². The molecule has 16 heavy (non-hydrogen) atoms. The van der Waals surface area contributed by atoms with Crippen molar-refractivity contribution in [2.45, 2.75) is 51.5 Å². The molecular weight excluding hydrogens is 220 g/mol. The lowest BCUT2D eigenvalue weighted by atomic mass is 10.1. The van der Waals surface area contributed by atoms with E-state index in [2.05, 4.69) is 23.1 Å². The summed E-state index contributed by atoms with van der Waals surface area (Å²) in [6.07, 6.45) is 15.6. The largest absolute Gasteiger partial charge is 0.331 e. The second kappa shape index (κ2) is 9.46.